The molecule has 0 radical (unpaired) electrons. The molecule has 1 aromatic rings. The summed E-state index contributed by atoms with van der Waals surface area (Å²) in [4.78, 5) is 43.7. The molecule has 9 nitrogen and oxygen atoms in total. The van der Waals surface area contributed by atoms with E-state index >= 15 is 0 Å². The van der Waals surface area contributed by atoms with Crippen molar-refractivity contribution in [3.63, 3.8) is 0 Å². The van der Waals surface area contributed by atoms with E-state index in [1.54, 1.807) is 37.1 Å². The second-order valence-corrected chi connectivity index (χ2v) is 9.14. The fourth-order valence-corrected chi connectivity index (χ4v) is 4.83. The van der Waals surface area contributed by atoms with Crippen LogP contribution in [-0.4, -0.2) is 85.2 Å². The van der Waals surface area contributed by atoms with Crippen LogP contribution in [0, 0.1) is 0 Å². The van der Waals surface area contributed by atoms with Gasteiger partial charge in [-0.15, -0.1) is 0 Å². The van der Waals surface area contributed by atoms with Crippen molar-refractivity contribution >= 4 is 41.2 Å². The largest absolute Gasteiger partial charge is 0.463 e. The molecule has 1 aromatic carbocycles. The summed E-state index contributed by atoms with van der Waals surface area (Å²) in [7, 11) is 1.62. The number of carbonyl (C=O) groups excluding carboxylic acids is 3. The van der Waals surface area contributed by atoms with E-state index in [1.165, 1.54) is 4.90 Å². The second-order valence-electron chi connectivity index (χ2n) is 8.30. The van der Waals surface area contributed by atoms with E-state index in [-0.39, 0.29) is 24.7 Å². The highest BCUT2D eigenvalue weighted by molar-refractivity contribution is 6.35. The lowest BCUT2D eigenvalue weighted by atomic mass is 9.94. The molecule has 0 spiro atoms. The third-order valence-corrected chi connectivity index (χ3v) is 6.58. The molecule has 34 heavy (non-hydrogen) atoms. The van der Waals surface area contributed by atoms with Crippen molar-refractivity contribution in [2.24, 2.45) is 0 Å². The number of halogens is 2. The van der Waals surface area contributed by atoms with E-state index in [0.717, 1.165) is 0 Å². The molecule has 4 amide bonds. The average Bonchev–Trinajstić information content (AvgIpc) is 2.77. The number of nitrogens with zero attached hydrogens (tertiary/aromatic N) is 3. The molecule has 0 aromatic heterocycles. The topological polar surface area (TPSA) is 94.2 Å². The Morgan fingerprint density at radius 2 is 1.97 bits per heavy atom. The first-order valence-corrected chi connectivity index (χ1v) is 12.1. The quantitative estimate of drug-likeness (QED) is 0.571. The van der Waals surface area contributed by atoms with E-state index in [0.29, 0.717) is 59.6 Å². The first-order valence-electron chi connectivity index (χ1n) is 11.3. The van der Waals surface area contributed by atoms with E-state index in [2.05, 4.69) is 15.5 Å². The lowest BCUT2D eigenvalue weighted by Gasteiger charge is -2.42. The number of esters is 1. The molecule has 3 rings (SSSR count). The van der Waals surface area contributed by atoms with Crippen LogP contribution in [0.4, 0.5) is 9.59 Å². The molecule has 1 saturated heterocycles. The van der Waals surface area contributed by atoms with Crippen LogP contribution >= 0.6 is 23.2 Å². The Morgan fingerprint density at radius 1 is 1.24 bits per heavy atom. The number of nitrogens with one attached hydrogen (secondary N) is 2. The lowest BCUT2D eigenvalue weighted by Crippen LogP contribution is -2.57. The molecule has 2 aliphatic rings. The molecule has 0 unspecified atom stereocenters. The van der Waals surface area contributed by atoms with Gasteiger partial charge < -0.3 is 20.3 Å². The van der Waals surface area contributed by atoms with Gasteiger partial charge in [0, 0.05) is 61.6 Å². The third kappa shape index (κ3) is 5.59. The van der Waals surface area contributed by atoms with Gasteiger partial charge in [0.15, 0.2) is 0 Å². The van der Waals surface area contributed by atoms with Crippen LogP contribution < -0.4 is 10.6 Å². The summed E-state index contributed by atoms with van der Waals surface area (Å²) in [5.41, 5.74) is 1.42. The van der Waals surface area contributed by atoms with Gasteiger partial charge in [0.25, 0.3) is 0 Å². The maximum atomic E-state index is 13.1. The third-order valence-electron chi connectivity index (χ3n) is 6.02. The number of amides is 4. The van der Waals surface area contributed by atoms with Crippen LogP contribution in [0.25, 0.3) is 0 Å². The molecule has 0 aliphatic carbocycles. The monoisotopic (exact) mass is 511 g/mol. The summed E-state index contributed by atoms with van der Waals surface area (Å²) >= 11 is 12.5. The lowest BCUT2D eigenvalue weighted by molar-refractivity contribution is -0.139. The van der Waals surface area contributed by atoms with E-state index < -0.39 is 12.0 Å². The SMILES string of the molecule is CCNC(=O)N1CCN(CC2=C(C(=O)OCC)[C@@H](c3ccc(Cl)cc3Cl)NC(=O)N2C)C[C@H]1C. The van der Waals surface area contributed by atoms with Gasteiger partial charge in [-0.25, -0.2) is 14.4 Å². The van der Waals surface area contributed by atoms with Crippen molar-refractivity contribution in [2.45, 2.75) is 32.9 Å². The predicted molar refractivity (Wildman–Crippen MR) is 131 cm³/mol. The minimum atomic E-state index is -0.781. The molecule has 186 valence electrons. The maximum absolute atomic E-state index is 13.1. The van der Waals surface area contributed by atoms with Crippen LogP contribution in [0.15, 0.2) is 29.5 Å². The van der Waals surface area contributed by atoms with Crippen LogP contribution in [0.2, 0.25) is 10.0 Å². The zero-order valence-electron chi connectivity index (χ0n) is 19.9. The standard InChI is InChI=1S/C23H31Cl2N5O4/c1-5-26-22(32)30-10-9-29(12-14(30)3)13-18-19(21(31)34-6-2)20(27-23(33)28(18)4)16-8-7-15(24)11-17(16)25/h7-8,11,14,20H,5-6,9-10,12-13H2,1-4H3,(H,26,32)(H,27,33)/t14-,20-/m1/s1. The predicted octanol–water partition coefficient (Wildman–Crippen LogP) is 3.24. The number of rotatable bonds is 6. The summed E-state index contributed by atoms with van der Waals surface area (Å²) in [6, 6.07) is 3.68. The maximum Gasteiger partial charge on any atom is 0.338 e. The van der Waals surface area contributed by atoms with Crippen LogP contribution in [0.3, 0.4) is 0 Å². The van der Waals surface area contributed by atoms with Gasteiger partial charge in [0.2, 0.25) is 0 Å². The van der Waals surface area contributed by atoms with Gasteiger partial charge >= 0.3 is 18.0 Å². The van der Waals surface area contributed by atoms with Crippen molar-refractivity contribution < 1.29 is 19.1 Å². The minimum absolute atomic E-state index is 0.0313. The van der Waals surface area contributed by atoms with Crippen molar-refractivity contribution in [3.8, 4) is 0 Å². The number of likely N-dealkylation sites (N-methyl/N-ethyl adjacent to an activating group) is 1. The molecule has 2 atom stereocenters. The summed E-state index contributed by atoms with van der Waals surface area (Å²) < 4.78 is 5.37. The first kappa shape index (κ1) is 26.1. The Kier molecular flexibility index (Phi) is 8.67. The number of hydrogen-bond donors (Lipinski definition) is 2. The van der Waals surface area contributed by atoms with Crippen molar-refractivity contribution in [3.05, 3.63) is 45.1 Å². The Hall–Kier alpha value is -2.49. The Balaban J connectivity index is 1.96. The van der Waals surface area contributed by atoms with Gasteiger partial charge in [-0.1, -0.05) is 29.3 Å². The highest BCUT2D eigenvalue weighted by atomic mass is 35.5. The van der Waals surface area contributed by atoms with Gasteiger partial charge in [-0.3, -0.25) is 9.80 Å². The van der Waals surface area contributed by atoms with Crippen molar-refractivity contribution in [1.29, 1.82) is 0 Å². The number of hydrogen-bond acceptors (Lipinski definition) is 5. The number of carbonyl (C=O) groups is 3. The smallest absolute Gasteiger partial charge is 0.338 e. The molecule has 0 bridgehead atoms. The Morgan fingerprint density at radius 3 is 2.59 bits per heavy atom. The number of benzene rings is 1. The fourth-order valence-electron chi connectivity index (χ4n) is 4.31. The fraction of sp³-hybridized carbons (Fsp3) is 0.522. The summed E-state index contributed by atoms with van der Waals surface area (Å²) in [5.74, 6) is -0.519. The summed E-state index contributed by atoms with van der Waals surface area (Å²) in [6.07, 6.45) is 0. The van der Waals surface area contributed by atoms with Crippen molar-refractivity contribution in [2.75, 3.05) is 46.4 Å². The normalized spacial score (nSPS) is 21.4. The molecule has 2 aliphatic heterocycles. The van der Waals surface area contributed by atoms with E-state index in [1.807, 2.05) is 13.8 Å². The second kappa shape index (κ2) is 11.3. The van der Waals surface area contributed by atoms with Crippen LogP contribution in [-0.2, 0) is 9.53 Å². The molecule has 11 heteroatoms. The Labute approximate surface area is 210 Å². The Bertz CT molecular complexity index is 986. The molecule has 2 N–H and O–H groups in total. The molecule has 0 saturated carbocycles. The van der Waals surface area contributed by atoms with E-state index in [4.69, 9.17) is 27.9 Å². The van der Waals surface area contributed by atoms with Crippen molar-refractivity contribution in [1.82, 2.24) is 25.3 Å². The molecule has 2 heterocycles. The van der Waals surface area contributed by atoms with Gasteiger partial charge in [0.1, 0.15) is 0 Å². The molecular formula is C23H31Cl2N5O4. The van der Waals surface area contributed by atoms with Gasteiger partial charge in [-0.05, 0) is 38.5 Å². The number of ether oxygens (including phenoxy) is 1. The minimum Gasteiger partial charge on any atom is -0.463 e. The summed E-state index contributed by atoms with van der Waals surface area (Å²) in [6.45, 7) is 8.43. The molecule has 1 fully saturated rings. The van der Waals surface area contributed by atoms with Gasteiger partial charge in [-0.2, -0.15) is 0 Å². The highest BCUT2D eigenvalue weighted by Gasteiger charge is 2.39. The van der Waals surface area contributed by atoms with Crippen LogP contribution in [0.5, 0.6) is 0 Å². The number of urea groups is 2. The number of piperazine rings is 1. The molecular weight excluding hydrogens is 481 g/mol. The average molecular weight is 512 g/mol. The zero-order chi connectivity index (χ0) is 25.0. The highest BCUT2D eigenvalue weighted by Crippen LogP contribution is 2.36. The van der Waals surface area contributed by atoms with Crippen LogP contribution in [0.1, 0.15) is 32.4 Å². The van der Waals surface area contributed by atoms with Gasteiger partial charge in [0.05, 0.1) is 18.2 Å². The first-order chi connectivity index (χ1) is 16.2. The van der Waals surface area contributed by atoms with E-state index in [9.17, 15) is 14.4 Å². The zero-order valence-corrected chi connectivity index (χ0v) is 21.4. The summed E-state index contributed by atoms with van der Waals surface area (Å²) in [5, 5.41) is 6.50.